The molecule has 1 heterocycles. The average molecular weight is 442 g/mol. The van der Waals surface area contributed by atoms with Gasteiger partial charge in [0.2, 0.25) is 5.91 Å². The van der Waals surface area contributed by atoms with E-state index in [2.05, 4.69) is 10.4 Å². The number of hydrogen-bond acceptors (Lipinski definition) is 5. The third-order valence-corrected chi connectivity index (χ3v) is 8.85. The third-order valence-electron chi connectivity index (χ3n) is 6.51. The minimum Gasteiger partial charge on any atom is -0.309 e. The highest BCUT2D eigenvalue weighted by molar-refractivity contribution is 7.92. The summed E-state index contributed by atoms with van der Waals surface area (Å²) in [6, 6.07) is 5.52. The molecular weight excluding hydrogens is 414 g/mol. The Labute approximate surface area is 182 Å². The van der Waals surface area contributed by atoms with Gasteiger partial charge < -0.3 is 5.32 Å². The fraction of sp³-hybridized carbons (Fsp3) is 0.522. The monoisotopic (exact) mass is 441 g/mol. The summed E-state index contributed by atoms with van der Waals surface area (Å²) in [6.45, 7) is 1.78. The van der Waals surface area contributed by atoms with Crippen molar-refractivity contribution in [2.45, 2.75) is 80.4 Å². The van der Waals surface area contributed by atoms with Crippen molar-refractivity contribution in [2.24, 2.45) is 0 Å². The molecule has 1 N–H and O–H groups in total. The maximum Gasteiger partial charge on any atom is 0.225 e. The first-order valence-corrected chi connectivity index (χ1v) is 12.7. The van der Waals surface area contributed by atoms with Crippen molar-refractivity contribution in [3.8, 4) is 11.1 Å². The Morgan fingerprint density at radius 1 is 1.19 bits per heavy atom. The zero-order valence-electron chi connectivity index (χ0n) is 17.6. The van der Waals surface area contributed by atoms with Gasteiger partial charge in [0.25, 0.3) is 0 Å². The summed E-state index contributed by atoms with van der Waals surface area (Å²) in [5.41, 5.74) is 2.50. The van der Waals surface area contributed by atoms with Gasteiger partial charge in [0.15, 0.2) is 15.7 Å². The van der Waals surface area contributed by atoms with Gasteiger partial charge in [-0.2, -0.15) is 5.10 Å². The molecule has 3 fully saturated rings. The standard InChI is InChI=1S/C23H27N3O4S/c1-2-22(28)24-23-20(13-26(25-23)16-6-7-17(27)12-16)15-5-10-21(19(11-15)14-3-4-14)31(29,30)18-8-9-18/h5,10-11,13-14,16,18H,2-4,6-9,12H2,1H3,(H,24,25,28)/t16-/m1/s1. The van der Waals surface area contributed by atoms with Crippen molar-refractivity contribution >= 4 is 27.3 Å². The van der Waals surface area contributed by atoms with E-state index in [1.807, 2.05) is 18.3 Å². The van der Waals surface area contributed by atoms with Crippen LogP contribution in [0.5, 0.6) is 0 Å². The summed E-state index contributed by atoms with van der Waals surface area (Å²) in [5.74, 6) is 0.835. The predicted molar refractivity (Wildman–Crippen MR) is 117 cm³/mol. The number of ketones is 1. The number of Topliss-reactive ketones (excluding diaryl/α,β-unsaturated/α-hetero) is 1. The first-order chi connectivity index (χ1) is 14.9. The van der Waals surface area contributed by atoms with Crippen LogP contribution in [0.2, 0.25) is 0 Å². The molecule has 1 amide bonds. The molecule has 0 aliphatic heterocycles. The summed E-state index contributed by atoms with van der Waals surface area (Å²) >= 11 is 0. The van der Waals surface area contributed by atoms with Gasteiger partial charge in [-0.25, -0.2) is 8.42 Å². The van der Waals surface area contributed by atoms with Gasteiger partial charge in [0, 0.05) is 31.0 Å². The van der Waals surface area contributed by atoms with Gasteiger partial charge in [-0.3, -0.25) is 14.3 Å². The zero-order valence-corrected chi connectivity index (χ0v) is 18.5. The van der Waals surface area contributed by atoms with Crippen LogP contribution in [-0.2, 0) is 19.4 Å². The second-order valence-corrected chi connectivity index (χ2v) is 11.2. The molecule has 8 heteroatoms. The molecule has 0 unspecified atom stereocenters. The Hall–Kier alpha value is -2.48. The van der Waals surface area contributed by atoms with E-state index in [1.54, 1.807) is 17.7 Å². The summed E-state index contributed by atoms with van der Waals surface area (Å²) in [5, 5.41) is 7.24. The normalized spacial score (nSPS) is 21.5. The first kappa shape index (κ1) is 20.4. The molecule has 5 rings (SSSR count). The van der Waals surface area contributed by atoms with Crippen molar-refractivity contribution in [1.82, 2.24) is 9.78 Å². The van der Waals surface area contributed by atoms with Gasteiger partial charge >= 0.3 is 0 Å². The Bertz CT molecular complexity index is 1160. The molecule has 0 spiro atoms. The lowest BCUT2D eigenvalue weighted by atomic mass is 10.0. The van der Waals surface area contributed by atoms with Crippen molar-refractivity contribution in [2.75, 3.05) is 5.32 Å². The molecule has 3 aliphatic rings. The molecule has 164 valence electrons. The predicted octanol–water partition coefficient (Wildman–Crippen LogP) is 4.01. The van der Waals surface area contributed by atoms with Crippen LogP contribution in [0.3, 0.4) is 0 Å². The van der Waals surface area contributed by atoms with Gasteiger partial charge in [0.1, 0.15) is 5.78 Å². The number of anilines is 1. The van der Waals surface area contributed by atoms with E-state index < -0.39 is 9.84 Å². The second kappa shape index (κ2) is 7.58. The van der Waals surface area contributed by atoms with Crippen molar-refractivity contribution in [1.29, 1.82) is 0 Å². The SMILES string of the molecule is CCC(=O)Nc1nn([C@@H]2CCC(=O)C2)cc1-c1ccc(S(=O)(=O)C2CC2)c(C2CC2)c1. The van der Waals surface area contributed by atoms with Gasteiger partial charge in [0.05, 0.1) is 16.2 Å². The van der Waals surface area contributed by atoms with Crippen LogP contribution >= 0.6 is 0 Å². The van der Waals surface area contributed by atoms with Crippen LogP contribution in [0.15, 0.2) is 29.3 Å². The van der Waals surface area contributed by atoms with E-state index in [-0.39, 0.29) is 28.9 Å². The highest BCUT2D eigenvalue weighted by Crippen LogP contribution is 2.47. The number of nitrogens with zero attached hydrogens (tertiary/aromatic N) is 2. The number of aromatic nitrogens is 2. The second-order valence-electron chi connectivity index (χ2n) is 8.98. The maximum absolute atomic E-state index is 13.0. The molecule has 0 bridgehead atoms. The molecule has 3 saturated carbocycles. The number of sulfone groups is 1. The summed E-state index contributed by atoms with van der Waals surface area (Å²) < 4.78 is 27.7. The fourth-order valence-electron chi connectivity index (χ4n) is 4.37. The van der Waals surface area contributed by atoms with Crippen LogP contribution in [-0.4, -0.2) is 35.1 Å². The Kier molecular flexibility index (Phi) is 5.00. The lowest BCUT2D eigenvalue weighted by Crippen LogP contribution is -2.12. The van der Waals surface area contributed by atoms with Crippen LogP contribution in [0.4, 0.5) is 5.82 Å². The van der Waals surface area contributed by atoms with Gasteiger partial charge in [-0.15, -0.1) is 0 Å². The highest BCUT2D eigenvalue weighted by Gasteiger charge is 2.40. The molecule has 31 heavy (non-hydrogen) atoms. The Balaban J connectivity index is 1.57. The van der Waals surface area contributed by atoms with E-state index in [0.717, 1.165) is 48.8 Å². The number of hydrogen-bond donors (Lipinski definition) is 1. The lowest BCUT2D eigenvalue weighted by molar-refractivity contribution is -0.117. The molecule has 2 aromatic rings. The molecular formula is C23H27N3O4S. The Morgan fingerprint density at radius 3 is 2.58 bits per heavy atom. The molecule has 1 aromatic carbocycles. The van der Waals surface area contributed by atoms with Crippen LogP contribution < -0.4 is 5.32 Å². The molecule has 1 atom stereocenters. The van der Waals surface area contributed by atoms with Gasteiger partial charge in [-0.05, 0) is 61.3 Å². The van der Waals surface area contributed by atoms with Gasteiger partial charge in [-0.1, -0.05) is 13.0 Å². The minimum atomic E-state index is -3.28. The topological polar surface area (TPSA) is 98.1 Å². The number of amides is 1. The minimum absolute atomic E-state index is 0.00375. The molecule has 0 saturated heterocycles. The van der Waals surface area contributed by atoms with E-state index in [0.29, 0.717) is 30.0 Å². The number of carbonyl (C=O) groups is 2. The van der Waals surface area contributed by atoms with E-state index >= 15 is 0 Å². The number of nitrogens with one attached hydrogen (secondary N) is 1. The van der Waals surface area contributed by atoms with E-state index in [9.17, 15) is 18.0 Å². The Morgan fingerprint density at radius 2 is 1.97 bits per heavy atom. The number of rotatable bonds is 7. The largest absolute Gasteiger partial charge is 0.309 e. The summed E-state index contributed by atoms with van der Waals surface area (Å²) in [6.07, 6.45) is 7.45. The van der Waals surface area contributed by atoms with Crippen molar-refractivity contribution in [3.05, 3.63) is 30.0 Å². The number of benzene rings is 1. The van der Waals surface area contributed by atoms with E-state index in [1.165, 1.54) is 0 Å². The van der Waals surface area contributed by atoms with Crippen molar-refractivity contribution < 1.29 is 18.0 Å². The van der Waals surface area contributed by atoms with Crippen LogP contribution in [0.25, 0.3) is 11.1 Å². The fourth-order valence-corrected chi connectivity index (χ4v) is 6.30. The summed E-state index contributed by atoms with van der Waals surface area (Å²) in [4.78, 5) is 24.3. The quantitative estimate of drug-likeness (QED) is 0.700. The maximum atomic E-state index is 13.0. The third kappa shape index (κ3) is 3.93. The molecule has 7 nitrogen and oxygen atoms in total. The molecule has 3 aliphatic carbocycles. The van der Waals surface area contributed by atoms with Crippen LogP contribution in [0.1, 0.15) is 75.8 Å². The summed E-state index contributed by atoms with van der Waals surface area (Å²) in [7, 11) is -3.28. The van der Waals surface area contributed by atoms with Crippen molar-refractivity contribution in [3.63, 3.8) is 0 Å². The number of carbonyl (C=O) groups excluding carboxylic acids is 2. The highest BCUT2D eigenvalue weighted by atomic mass is 32.2. The zero-order chi connectivity index (χ0) is 21.8. The lowest BCUT2D eigenvalue weighted by Gasteiger charge is -2.12. The van der Waals surface area contributed by atoms with Crippen LogP contribution in [0, 0.1) is 0 Å². The molecule has 1 aromatic heterocycles. The average Bonchev–Trinajstić information content (AvgIpc) is 3.68. The smallest absolute Gasteiger partial charge is 0.225 e. The molecule has 0 radical (unpaired) electrons. The first-order valence-electron chi connectivity index (χ1n) is 11.2. The van der Waals surface area contributed by atoms with E-state index in [4.69, 9.17) is 0 Å².